The van der Waals surface area contributed by atoms with Gasteiger partial charge < -0.3 is 4.90 Å². The van der Waals surface area contributed by atoms with Gasteiger partial charge in [0.1, 0.15) is 0 Å². The molecule has 3 rings (SSSR count). The average molecular weight is 329 g/mol. The standard InChI is InChI=1S/C18H23N3OS/c1-20(16-9-6-10-17(16)23-2)18(22)13-14-11-12-21(19-14)15-7-4-3-5-8-15/h3-5,7-8,11-12,16-17H,6,9-10,13H2,1-2H3/t16-,17-/m1/s1. The first-order chi connectivity index (χ1) is 11.2. The Balaban J connectivity index is 1.65. The third kappa shape index (κ3) is 3.61. The molecule has 2 atom stereocenters. The minimum atomic E-state index is 0.161. The van der Waals surface area contributed by atoms with E-state index in [1.54, 1.807) is 0 Å². The second-order valence-electron chi connectivity index (χ2n) is 6.04. The second kappa shape index (κ2) is 7.21. The van der Waals surface area contributed by atoms with Crippen LogP contribution in [0.25, 0.3) is 5.69 Å². The zero-order chi connectivity index (χ0) is 16.2. The van der Waals surface area contributed by atoms with Crippen molar-refractivity contribution in [3.8, 4) is 5.69 Å². The maximum atomic E-state index is 12.6. The van der Waals surface area contributed by atoms with Crippen LogP contribution in [-0.4, -0.2) is 45.2 Å². The van der Waals surface area contributed by atoms with Gasteiger partial charge in [-0.2, -0.15) is 16.9 Å². The lowest BCUT2D eigenvalue weighted by Crippen LogP contribution is -2.41. The molecule has 1 amide bonds. The van der Waals surface area contributed by atoms with E-state index in [4.69, 9.17) is 0 Å². The summed E-state index contributed by atoms with van der Waals surface area (Å²) in [6.07, 6.45) is 7.98. The molecule has 122 valence electrons. The second-order valence-corrected chi connectivity index (χ2v) is 7.12. The van der Waals surface area contributed by atoms with Crippen molar-refractivity contribution in [1.29, 1.82) is 0 Å². The van der Waals surface area contributed by atoms with Crippen molar-refractivity contribution in [3.05, 3.63) is 48.3 Å². The quantitative estimate of drug-likeness (QED) is 0.846. The van der Waals surface area contributed by atoms with E-state index < -0.39 is 0 Å². The molecule has 1 fully saturated rings. The number of thioether (sulfide) groups is 1. The Bertz CT molecular complexity index is 655. The van der Waals surface area contributed by atoms with E-state index in [2.05, 4.69) is 11.4 Å². The first-order valence-electron chi connectivity index (χ1n) is 8.07. The highest BCUT2D eigenvalue weighted by molar-refractivity contribution is 7.99. The molecule has 0 aliphatic heterocycles. The van der Waals surface area contributed by atoms with Gasteiger partial charge in [-0.15, -0.1) is 0 Å². The molecular weight excluding hydrogens is 306 g/mol. The Morgan fingerprint density at radius 3 is 2.83 bits per heavy atom. The van der Waals surface area contributed by atoms with Crippen LogP contribution in [0.5, 0.6) is 0 Å². The van der Waals surface area contributed by atoms with E-state index in [9.17, 15) is 4.79 Å². The van der Waals surface area contributed by atoms with Crippen LogP contribution in [0.1, 0.15) is 25.0 Å². The number of likely N-dealkylation sites (N-methyl/N-ethyl adjacent to an activating group) is 1. The monoisotopic (exact) mass is 329 g/mol. The number of carbonyl (C=O) groups excluding carboxylic acids is 1. The number of rotatable bonds is 5. The van der Waals surface area contributed by atoms with Crippen LogP contribution >= 0.6 is 11.8 Å². The molecule has 1 saturated carbocycles. The van der Waals surface area contributed by atoms with Gasteiger partial charge in [0.2, 0.25) is 5.91 Å². The number of hydrogen-bond acceptors (Lipinski definition) is 3. The van der Waals surface area contributed by atoms with Crippen molar-refractivity contribution < 1.29 is 4.79 Å². The van der Waals surface area contributed by atoms with Crippen LogP contribution in [0, 0.1) is 0 Å². The van der Waals surface area contributed by atoms with Gasteiger partial charge in [-0.25, -0.2) is 4.68 Å². The predicted octanol–water partition coefficient (Wildman–Crippen LogP) is 3.16. The van der Waals surface area contributed by atoms with E-state index in [1.165, 1.54) is 12.8 Å². The third-order valence-corrected chi connectivity index (χ3v) is 5.76. The Kier molecular flexibility index (Phi) is 5.06. The molecular formula is C18H23N3OS. The SMILES string of the molecule is CS[C@@H]1CCC[C@H]1N(C)C(=O)Cc1ccn(-c2ccccc2)n1. The first kappa shape index (κ1) is 16.1. The van der Waals surface area contributed by atoms with E-state index in [0.717, 1.165) is 17.8 Å². The van der Waals surface area contributed by atoms with Gasteiger partial charge in [-0.3, -0.25) is 4.79 Å². The lowest BCUT2D eigenvalue weighted by Gasteiger charge is -2.28. The van der Waals surface area contributed by atoms with Crippen molar-refractivity contribution in [3.63, 3.8) is 0 Å². The molecule has 1 aliphatic rings. The minimum absolute atomic E-state index is 0.161. The maximum Gasteiger partial charge on any atom is 0.228 e. The summed E-state index contributed by atoms with van der Waals surface area (Å²) >= 11 is 1.88. The van der Waals surface area contributed by atoms with Crippen molar-refractivity contribution in [2.24, 2.45) is 0 Å². The molecule has 1 heterocycles. The molecule has 2 aromatic rings. The summed E-state index contributed by atoms with van der Waals surface area (Å²) < 4.78 is 1.82. The normalized spacial score (nSPS) is 20.6. The molecule has 0 saturated heterocycles. The van der Waals surface area contributed by atoms with Crippen molar-refractivity contribution in [2.45, 2.75) is 37.0 Å². The van der Waals surface area contributed by atoms with Gasteiger partial charge in [0.05, 0.1) is 17.8 Å². The Hall–Kier alpha value is -1.75. The highest BCUT2D eigenvalue weighted by atomic mass is 32.2. The largest absolute Gasteiger partial charge is 0.341 e. The number of benzene rings is 1. The lowest BCUT2D eigenvalue weighted by atomic mass is 10.2. The average Bonchev–Trinajstić information content (AvgIpc) is 3.23. The van der Waals surface area contributed by atoms with Crippen LogP contribution < -0.4 is 0 Å². The molecule has 5 heteroatoms. The van der Waals surface area contributed by atoms with Gasteiger partial charge in [0, 0.05) is 24.5 Å². The molecule has 0 radical (unpaired) electrons. The number of nitrogens with zero attached hydrogens (tertiary/aromatic N) is 3. The molecule has 1 aliphatic carbocycles. The van der Waals surface area contributed by atoms with Gasteiger partial charge in [0.25, 0.3) is 0 Å². The molecule has 1 aromatic carbocycles. The topological polar surface area (TPSA) is 38.1 Å². The summed E-state index contributed by atoms with van der Waals surface area (Å²) in [5.74, 6) is 0.161. The maximum absolute atomic E-state index is 12.6. The fraction of sp³-hybridized carbons (Fsp3) is 0.444. The molecule has 1 aromatic heterocycles. The minimum Gasteiger partial charge on any atom is -0.341 e. The van der Waals surface area contributed by atoms with E-state index in [-0.39, 0.29) is 5.91 Å². The zero-order valence-corrected chi connectivity index (χ0v) is 14.5. The first-order valence-corrected chi connectivity index (χ1v) is 9.36. The summed E-state index contributed by atoms with van der Waals surface area (Å²) in [5.41, 5.74) is 1.84. The molecule has 23 heavy (non-hydrogen) atoms. The number of amides is 1. The molecule has 4 nitrogen and oxygen atoms in total. The Morgan fingerprint density at radius 2 is 2.09 bits per heavy atom. The highest BCUT2D eigenvalue weighted by Crippen LogP contribution is 2.31. The Morgan fingerprint density at radius 1 is 1.30 bits per heavy atom. The number of carbonyl (C=O) groups is 1. The molecule has 0 N–H and O–H groups in total. The van der Waals surface area contributed by atoms with E-state index in [1.807, 2.05) is 71.0 Å². The van der Waals surface area contributed by atoms with Gasteiger partial charge in [-0.05, 0) is 37.3 Å². The summed E-state index contributed by atoms with van der Waals surface area (Å²) in [6.45, 7) is 0. The van der Waals surface area contributed by atoms with Crippen LogP contribution in [0.2, 0.25) is 0 Å². The number of aromatic nitrogens is 2. The third-order valence-electron chi connectivity index (χ3n) is 4.61. The van der Waals surface area contributed by atoms with E-state index >= 15 is 0 Å². The molecule has 0 bridgehead atoms. The lowest BCUT2D eigenvalue weighted by molar-refractivity contribution is -0.131. The summed E-state index contributed by atoms with van der Waals surface area (Å²) in [7, 11) is 1.94. The summed E-state index contributed by atoms with van der Waals surface area (Å²) in [5, 5.41) is 5.11. The van der Waals surface area contributed by atoms with Crippen molar-refractivity contribution in [1.82, 2.24) is 14.7 Å². The summed E-state index contributed by atoms with van der Waals surface area (Å²) in [6, 6.07) is 12.3. The highest BCUT2D eigenvalue weighted by Gasteiger charge is 2.32. The van der Waals surface area contributed by atoms with Crippen molar-refractivity contribution >= 4 is 17.7 Å². The number of para-hydroxylation sites is 1. The van der Waals surface area contributed by atoms with Crippen LogP contribution in [0.4, 0.5) is 0 Å². The number of hydrogen-bond donors (Lipinski definition) is 0. The van der Waals surface area contributed by atoms with Crippen LogP contribution in [0.15, 0.2) is 42.6 Å². The fourth-order valence-electron chi connectivity index (χ4n) is 3.27. The smallest absolute Gasteiger partial charge is 0.228 e. The van der Waals surface area contributed by atoms with E-state index in [0.29, 0.717) is 17.7 Å². The summed E-state index contributed by atoms with van der Waals surface area (Å²) in [4.78, 5) is 14.5. The van der Waals surface area contributed by atoms with Crippen molar-refractivity contribution in [2.75, 3.05) is 13.3 Å². The van der Waals surface area contributed by atoms with Crippen LogP contribution in [-0.2, 0) is 11.2 Å². The van der Waals surface area contributed by atoms with Gasteiger partial charge in [0.15, 0.2) is 0 Å². The molecule has 0 spiro atoms. The van der Waals surface area contributed by atoms with Crippen LogP contribution in [0.3, 0.4) is 0 Å². The Labute approximate surface area is 141 Å². The molecule has 0 unspecified atom stereocenters. The van der Waals surface area contributed by atoms with Gasteiger partial charge >= 0.3 is 0 Å². The fourth-order valence-corrected chi connectivity index (χ4v) is 4.30. The van der Waals surface area contributed by atoms with Gasteiger partial charge in [-0.1, -0.05) is 24.6 Å². The zero-order valence-electron chi connectivity index (χ0n) is 13.7. The predicted molar refractivity (Wildman–Crippen MR) is 95.0 cm³/mol.